The lowest BCUT2D eigenvalue weighted by Gasteiger charge is -2.09. The molecule has 1 aromatic heterocycles. The Labute approximate surface area is 126 Å². The summed E-state index contributed by atoms with van der Waals surface area (Å²) in [5, 5.41) is 2.85. The number of para-hydroxylation sites is 1. The Kier molecular flexibility index (Phi) is 4.63. The number of aryl methyl sites for hydroxylation is 1. The van der Waals surface area contributed by atoms with Gasteiger partial charge in [-0.25, -0.2) is 0 Å². The van der Waals surface area contributed by atoms with Crippen LogP contribution >= 0.6 is 0 Å². The van der Waals surface area contributed by atoms with E-state index in [0.717, 1.165) is 22.6 Å². The number of hydrogen-bond donors (Lipinski definition) is 1. The van der Waals surface area contributed by atoms with Gasteiger partial charge in [-0.1, -0.05) is 18.2 Å². The average Bonchev–Trinajstić information content (AvgIpc) is 2.71. The van der Waals surface area contributed by atoms with Crippen molar-refractivity contribution in [3.8, 4) is 5.69 Å². The Bertz CT molecular complexity index is 651. The van der Waals surface area contributed by atoms with Crippen LogP contribution in [0.3, 0.4) is 0 Å². The van der Waals surface area contributed by atoms with Gasteiger partial charge in [0.2, 0.25) is 5.91 Å². The number of aromatic nitrogens is 1. The summed E-state index contributed by atoms with van der Waals surface area (Å²) in [6.45, 7) is 8.05. The third-order valence-corrected chi connectivity index (χ3v) is 3.33. The Hall–Kier alpha value is -2.29. The number of hydrogen-bond acceptors (Lipinski definition) is 1. The summed E-state index contributed by atoms with van der Waals surface area (Å²) in [4.78, 5) is 11.7. The average molecular weight is 282 g/mol. The van der Waals surface area contributed by atoms with Crippen LogP contribution in [0.25, 0.3) is 11.8 Å². The Morgan fingerprint density at radius 3 is 2.48 bits per heavy atom. The van der Waals surface area contributed by atoms with Gasteiger partial charge in [0.1, 0.15) is 0 Å². The van der Waals surface area contributed by atoms with E-state index >= 15 is 0 Å². The van der Waals surface area contributed by atoms with Gasteiger partial charge in [0.25, 0.3) is 0 Å². The molecule has 110 valence electrons. The maximum Gasteiger partial charge on any atom is 0.244 e. The topological polar surface area (TPSA) is 34.0 Å². The molecule has 0 atom stereocenters. The quantitative estimate of drug-likeness (QED) is 0.854. The van der Waals surface area contributed by atoms with Crippen LogP contribution in [-0.2, 0) is 4.79 Å². The van der Waals surface area contributed by atoms with E-state index in [2.05, 4.69) is 41.9 Å². The van der Waals surface area contributed by atoms with Gasteiger partial charge in [-0.05, 0) is 57.5 Å². The lowest BCUT2D eigenvalue weighted by molar-refractivity contribution is -0.116. The van der Waals surface area contributed by atoms with E-state index in [1.54, 1.807) is 6.08 Å². The zero-order valence-corrected chi connectivity index (χ0v) is 13.1. The third-order valence-electron chi connectivity index (χ3n) is 3.33. The standard InChI is InChI=1S/C18H22N2O/c1-13(2)19-18(21)11-10-16-12-14(3)20(15(16)4)17-8-6-5-7-9-17/h5-13H,1-4H3,(H,19,21)/b11-10+. The zero-order valence-electron chi connectivity index (χ0n) is 13.1. The molecule has 0 bridgehead atoms. The summed E-state index contributed by atoms with van der Waals surface area (Å²) in [6, 6.07) is 12.5. The van der Waals surface area contributed by atoms with Crippen molar-refractivity contribution in [2.75, 3.05) is 0 Å². The molecule has 0 aliphatic carbocycles. The first kappa shape index (κ1) is 15.1. The summed E-state index contributed by atoms with van der Waals surface area (Å²) < 4.78 is 2.19. The van der Waals surface area contributed by atoms with E-state index in [1.165, 1.54) is 0 Å². The first-order valence-electron chi connectivity index (χ1n) is 7.22. The molecule has 0 spiro atoms. The van der Waals surface area contributed by atoms with Crippen molar-refractivity contribution in [3.63, 3.8) is 0 Å². The Morgan fingerprint density at radius 2 is 1.86 bits per heavy atom. The molecule has 3 heteroatoms. The smallest absolute Gasteiger partial charge is 0.244 e. The second-order valence-corrected chi connectivity index (χ2v) is 5.49. The van der Waals surface area contributed by atoms with Crippen LogP contribution in [0.4, 0.5) is 0 Å². The molecule has 0 saturated carbocycles. The molecule has 1 aromatic carbocycles. The molecule has 1 N–H and O–H groups in total. The van der Waals surface area contributed by atoms with Crippen molar-refractivity contribution in [2.24, 2.45) is 0 Å². The molecular weight excluding hydrogens is 260 g/mol. The van der Waals surface area contributed by atoms with Crippen LogP contribution in [0.1, 0.15) is 30.8 Å². The number of carbonyl (C=O) groups excluding carboxylic acids is 1. The molecule has 0 aliphatic heterocycles. The molecule has 0 fully saturated rings. The van der Waals surface area contributed by atoms with Crippen molar-refractivity contribution in [1.82, 2.24) is 9.88 Å². The molecule has 3 nitrogen and oxygen atoms in total. The van der Waals surface area contributed by atoms with Crippen LogP contribution in [0.5, 0.6) is 0 Å². The van der Waals surface area contributed by atoms with Crippen molar-refractivity contribution in [3.05, 3.63) is 59.4 Å². The SMILES string of the molecule is Cc1cc(/C=C/C(=O)NC(C)C)c(C)n1-c1ccccc1. The molecule has 2 rings (SSSR count). The minimum absolute atomic E-state index is 0.0606. The minimum Gasteiger partial charge on any atom is -0.350 e. The van der Waals surface area contributed by atoms with Crippen LogP contribution in [-0.4, -0.2) is 16.5 Å². The highest BCUT2D eigenvalue weighted by molar-refractivity contribution is 5.92. The van der Waals surface area contributed by atoms with Gasteiger partial charge in [0.05, 0.1) is 0 Å². The first-order chi connectivity index (χ1) is 9.99. The molecule has 1 amide bonds. The summed E-state index contributed by atoms with van der Waals surface area (Å²) in [7, 11) is 0. The lowest BCUT2D eigenvalue weighted by Crippen LogP contribution is -2.28. The maximum atomic E-state index is 11.7. The van der Waals surface area contributed by atoms with Crippen molar-refractivity contribution in [1.29, 1.82) is 0 Å². The highest BCUT2D eigenvalue weighted by atomic mass is 16.1. The number of amides is 1. The van der Waals surface area contributed by atoms with Gasteiger partial charge >= 0.3 is 0 Å². The normalized spacial score (nSPS) is 11.3. The van der Waals surface area contributed by atoms with E-state index in [4.69, 9.17) is 0 Å². The zero-order chi connectivity index (χ0) is 15.4. The van der Waals surface area contributed by atoms with Crippen LogP contribution < -0.4 is 5.32 Å². The number of carbonyl (C=O) groups is 1. The van der Waals surface area contributed by atoms with E-state index < -0.39 is 0 Å². The fourth-order valence-corrected chi connectivity index (χ4v) is 2.43. The monoisotopic (exact) mass is 282 g/mol. The van der Waals surface area contributed by atoms with Gasteiger partial charge in [0, 0.05) is 29.2 Å². The van der Waals surface area contributed by atoms with Gasteiger partial charge in [0.15, 0.2) is 0 Å². The van der Waals surface area contributed by atoms with Crippen molar-refractivity contribution in [2.45, 2.75) is 33.7 Å². The molecule has 0 aliphatic rings. The van der Waals surface area contributed by atoms with Gasteiger partial charge in [-0.15, -0.1) is 0 Å². The molecular formula is C18H22N2O. The fraction of sp³-hybridized carbons (Fsp3) is 0.278. The number of rotatable bonds is 4. The van der Waals surface area contributed by atoms with Gasteiger partial charge in [-0.2, -0.15) is 0 Å². The third kappa shape index (κ3) is 3.63. The van der Waals surface area contributed by atoms with Crippen molar-refractivity contribution >= 4 is 12.0 Å². The summed E-state index contributed by atoms with van der Waals surface area (Å²) in [5.74, 6) is -0.0606. The van der Waals surface area contributed by atoms with Crippen LogP contribution in [0.15, 0.2) is 42.5 Å². The lowest BCUT2D eigenvalue weighted by atomic mass is 10.2. The van der Waals surface area contributed by atoms with Gasteiger partial charge < -0.3 is 9.88 Å². The van der Waals surface area contributed by atoms with E-state index in [9.17, 15) is 4.79 Å². The Morgan fingerprint density at radius 1 is 1.19 bits per heavy atom. The summed E-state index contributed by atoms with van der Waals surface area (Å²) >= 11 is 0. The van der Waals surface area contributed by atoms with Gasteiger partial charge in [-0.3, -0.25) is 4.79 Å². The summed E-state index contributed by atoms with van der Waals surface area (Å²) in [5.41, 5.74) is 4.49. The first-order valence-corrected chi connectivity index (χ1v) is 7.22. The number of nitrogens with one attached hydrogen (secondary N) is 1. The van der Waals surface area contributed by atoms with Crippen LogP contribution in [0, 0.1) is 13.8 Å². The highest BCUT2D eigenvalue weighted by Gasteiger charge is 2.08. The molecule has 1 heterocycles. The second kappa shape index (κ2) is 6.44. The van der Waals surface area contributed by atoms with E-state index in [0.29, 0.717) is 0 Å². The minimum atomic E-state index is -0.0606. The predicted octanol–water partition coefficient (Wildman–Crippen LogP) is 3.63. The van der Waals surface area contributed by atoms with Crippen molar-refractivity contribution < 1.29 is 4.79 Å². The molecule has 0 radical (unpaired) electrons. The number of benzene rings is 1. The van der Waals surface area contributed by atoms with Crippen LogP contribution in [0.2, 0.25) is 0 Å². The molecule has 0 saturated heterocycles. The predicted molar refractivity (Wildman–Crippen MR) is 87.6 cm³/mol. The summed E-state index contributed by atoms with van der Waals surface area (Å²) in [6.07, 6.45) is 3.47. The molecule has 2 aromatic rings. The van der Waals surface area contributed by atoms with E-state index in [1.807, 2.05) is 38.1 Å². The molecule has 0 unspecified atom stereocenters. The maximum absolute atomic E-state index is 11.7. The largest absolute Gasteiger partial charge is 0.350 e. The molecule has 21 heavy (non-hydrogen) atoms. The fourth-order valence-electron chi connectivity index (χ4n) is 2.43. The second-order valence-electron chi connectivity index (χ2n) is 5.49. The Balaban J connectivity index is 2.28. The van der Waals surface area contributed by atoms with E-state index in [-0.39, 0.29) is 11.9 Å². The highest BCUT2D eigenvalue weighted by Crippen LogP contribution is 2.21. The number of nitrogens with zero attached hydrogens (tertiary/aromatic N) is 1.